The molecule has 1 aliphatic rings. The number of aromatic nitrogens is 5. The number of alkyl halides is 3. The van der Waals surface area contributed by atoms with Crippen LogP contribution in [0.3, 0.4) is 0 Å². The molecule has 6 rings (SSSR count). The second kappa shape index (κ2) is 13.3. The quantitative estimate of drug-likeness (QED) is 0.168. The fourth-order valence-electron chi connectivity index (χ4n) is 5.14. The molecule has 0 bridgehead atoms. The fourth-order valence-corrected chi connectivity index (χ4v) is 7.18. The number of hydrogen-bond donors (Lipinski definition) is 2. The first-order valence-electron chi connectivity index (χ1n) is 14.2. The maximum Gasteiger partial charge on any atom is 0.573 e. The molecule has 0 spiro atoms. The molecule has 250 valence electrons. The first kappa shape index (κ1) is 33.0. The average molecular weight is 704 g/mol. The summed E-state index contributed by atoms with van der Waals surface area (Å²) in [5.74, 6) is -2.54. The summed E-state index contributed by atoms with van der Waals surface area (Å²) >= 11 is 1.01. The maximum absolute atomic E-state index is 14.4. The number of ether oxygens (including phenoxy) is 2. The molecule has 1 unspecified atom stereocenters. The monoisotopic (exact) mass is 703 g/mol. The molecule has 5 aromatic rings. The van der Waals surface area contributed by atoms with Gasteiger partial charge in [-0.2, -0.15) is 0 Å². The number of carbonyl (C=O) groups excluding carboxylic acids is 1. The topological polar surface area (TPSA) is 150 Å². The Bertz CT molecular complexity index is 2100. The number of benzene rings is 2. The number of carbonyl (C=O) groups is 1. The van der Waals surface area contributed by atoms with E-state index in [0.29, 0.717) is 35.5 Å². The number of rotatable bonds is 10. The van der Waals surface area contributed by atoms with Crippen LogP contribution >= 0.6 is 11.3 Å². The van der Waals surface area contributed by atoms with E-state index in [-0.39, 0.29) is 21.7 Å². The minimum absolute atomic E-state index is 0.0313. The average Bonchev–Trinajstić information content (AvgIpc) is 3.69. The van der Waals surface area contributed by atoms with Crippen LogP contribution in [0.5, 0.6) is 5.75 Å². The zero-order valence-corrected chi connectivity index (χ0v) is 26.4. The van der Waals surface area contributed by atoms with Gasteiger partial charge in [-0.15, -0.1) is 33.6 Å². The number of nitrogens with one attached hydrogen (secondary N) is 2. The molecule has 1 aliphatic carbocycles. The van der Waals surface area contributed by atoms with Gasteiger partial charge >= 0.3 is 6.36 Å². The van der Waals surface area contributed by atoms with Gasteiger partial charge in [0.05, 0.1) is 10.6 Å². The summed E-state index contributed by atoms with van der Waals surface area (Å²) < 4.78 is 88.5. The summed E-state index contributed by atoms with van der Waals surface area (Å²) in [7, 11) is -2.73. The molecule has 2 N–H and O–H groups in total. The summed E-state index contributed by atoms with van der Waals surface area (Å²) in [5.41, 5.74) is 1.36. The Morgan fingerprint density at radius 1 is 1.04 bits per heavy atom. The number of anilines is 2. The molecule has 0 saturated heterocycles. The molecule has 2 aromatic carbocycles. The Morgan fingerprint density at radius 3 is 2.52 bits per heavy atom. The molecule has 48 heavy (non-hydrogen) atoms. The third kappa shape index (κ3) is 7.14. The van der Waals surface area contributed by atoms with Gasteiger partial charge < -0.3 is 14.8 Å². The highest BCUT2D eigenvalue weighted by molar-refractivity contribution is 7.90. The first-order chi connectivity index (χ1) is 22.9. The van der Waals surface area contributed by atoms with Crippen molar-refractivity contribution in [1.82, 2.24) is 24.4 Å². The predicted octanol–water partition coefficient (Wildman–Crippen LogP) is 5.93. The van der Waals surface area contributed by atoms with Crippen LogP contribution in [0.2, 0.25) is 0 Å². The Kier molecular flexibility index (Phi) is 9.13. The van der Waals surface area contributed by atoms with Gasteiger partial charge in [0.2, 0.25) is 10.3 Å². The van der Waals surface area contributed by atoms with Gasteiger partial charge in [0.1, 0.15) is 11.6 Å². The van der Waals surface area contributed by atoms with Crippen LogP contribution in [0.15, 0.2) is 77.8 Å². The SMILES string of the molecule is CO[C@H](C(=O)Nc1nnc(NC2CC=C(c3cc4ccn(S(=O)(=O)c5ccccc5)c4nn3)CC2)s1)c1cc(OC(F)(F)F)ccc1F. The molecule has 3 heterocycles. The molecule has 0 radical (unpaired) electrons. The van der Waals surface area contributed by atoms with Gasteiger partial charge in [0, 0.05) is 30.3 Å². The third-order valence-electron chi connectivity index (χ3n) is 7.38. The van der Waals surface area contributed by atoms with Crippen LogP contribution in [0.1, 0.15) is 36.6 Å². The summed E-state index contributed by atoms with van der Waals surface area (Å²) in [6, 6.07) is 13.8. The molecule has 12 nitrogen and oxygen atoms in total. The lowest BCUT2D eigenvalue weighted by molar-refractivity contribution is -0.274. The second-order valence-electron chi connectivity index (χ2n) is 10.5. The minimum atomic E-state index is -5.00. The Balaban J connectivity index is 1.08. The summed E-state index contributed by atoms with van der Waals surface area (Å²) in [4.78, 5) is 13.0. The van der Waals surface area contributed by atoms with Crippen LogP contribution in [0.25, 0.3) is 16.6 Å². The number of methoxy groups -OCH3 is 1. The lowest BCUT2D eigenvalue weighted by Gasteiger charge is -2.22. The lowest BCUT2D eigenvalue weighted by atomic mass is 9.93. The van der Waals surface area contributed by atoms with Gasteiger partial charge in [0.15, 0.2) is 11.8 Å². The highest BCUT2D eigenvalue weighted by Gasteiger charge is 2.33. The molecular formula is C30H25F4N7O5S2. The van der Waals surface area contributed by atoms with Crippen LogP contribution < -0.4 is 15.4 Å². The lowest BCUT2D eigenvalue weighted by Crippen LogP contribution is -2.24. The summed E-state index contributed by atoms with van der Waals surface area (Å²) in [6.07, 6.45) is -1.21. The van der Waals surface area contributed by atoms with E-state index < -0.39 is 45.5 Å². The van der Waals surface area contributed by atoms with Crippen molar-refractivity contribution in [2.45, 2.75) is 42.7 Å². The molecule has 1 amide bonds. The number of halogens is 4. The predicted molar refractivity (Wildman–Crippen MR) is 167 cm³/mol. The molecule has 0 saturated carbocycles. The molecule has 0 fully saturated rings. The van der Waals surface area contributed by atoms with Crippen molar-refractivity contribution >= 4 is 54.1 Å². The van der Waals surface area contributed by atoms with Crippen molar-refractivity contribution in [3.8, 4) is 5.75 Å². The van der Waals surface area contributed by atoms with Crippen LogP contribution in [-0.2, 0) is 19.6 Å². The van der Waals surface area contributed by atoms with Crippen molar-refractivity contribution in [2.24, 2.45) is 0 Å². The molecule has 3 aromatic heterocycles. The minimum Gasteiger partial charge on any atom is -0.406 e. The van der Waals surface area contributed by atoms with Crippen molar-refractivity contribution in [2.75, 3.05) is 17.7 Å². The normalized spacial score (nSPS) is 15.9. The zero-order valence-electron chi connectivity index (χ0n) is 24.8. The molecule has 0 aliphatic heterocycles. The van der Waals surface area contributed by atoms with Gasteiger partial charge in [-0.1, -0.05) is 35.6 Å². The van der Waals surface area contributed by atoms with Gasteiger partial charge in [-0.05, 0) is 67.3 Å². The highest BCUT2D eigenvalue weighted by Crippen LogP contribution is 2.32. The van der Waals surface area contributed by atoms with Crippen molar-refractivity contribution in [3.63, 3.8) is 0 Å². The van der Waals surface area contributed by atoms with E-state index in [4.69, 9.17) is 4.74 Å². The zero-order chi connectivity index (χ0) is 34.1. The summed E-state index contributed by atoms with van der Waals surface area (Å²) in [5, 5.41) is 23.3. The number of amides is 1. The van der Waals surface area contributed by atoms with Crippen molar-refractivity contribution < 1.29 is 40.2 Å². The van der Waals surface area contributed by atoms with Gasteiger partial charge in [-0.3, -0.25) is 10.1 Å². The number of hydrogen-bond acceptors (Lipinski definition) is 11. The number of nitrogens with zero attached hydrogens (tertiary/aromatic N) is 5. The van der Waals surface area contributed by atoms with E-state index in [2.05, 4.69) is 35.8 Å². The molecule has 18 heteroatoms. The summed E-state index contributed by atoms with van der Waals surface area (Å²) in [6.45, 7) is 0. The standard InChI is InChI=1S/C30H25F4N7O5S2/c1-45-25(22-16-20(11-12-23(22)31)46-30(32,33)34)27(42)36-29-40-39-28(47-29)35-19-9-7-17(8-10-19)24-15-18-13-14-41(26(18)38-37-24)48(43,44)21-5-3-2-4-6-21/h2-7,11-16,19,25H,8-10H2,1H3,(H,35,39)(H,36,40,42)/t19?,25-/m0/s1. The Morgan fingerprint density at radius 2 is 1.81 bits per heavy atom. The van der Waals surface area contributed by atoms with Gasteiger partial charge in [0.25, 0.3) is 15.9 Å². The van der Waals surface area contributed by atoms with E-state index in [9.17, 15) is 30.8 Å². The highest BCUT2D eigenvalue weighted by atomic mass is 32.2. The molecule has 2 atom stereocenters. The van der Waals surface area contributed by atoms with E-state index in [1.807, 2.05) is 6.08 Å². The first-order valence-corrected chi connectivity index (χ1v) is 16.5. The van der Waals surface area contributed by atoms with Gasteiger partial charge in [-0.25, -0.2) is 16.8 Å². The third-order valence-corrected chi connectivity index (χ3v) is 9.83. The van der Waals surface area contributed by atoms with Crippen LogP contribution in [0, 0.1) is 5.82 Å². The van der Waals surface area contributed by atoms with Crippen molar-refractivity contribution in [1.29, 1.82) is 0 Å². The van der Waals surface area contributed by atoms with Crippen LogP contribution in [0.4, 0.5) is 27.8 Å². The maximum atomic E-state index is 14.4. The number of allylic oxidation sites excluding steroid dienone is 1. The van der Waals surface area contributed by atoms with Crippen LogP contribution in [-0.4, -0.2) is 58.2 Å². The fraction of sp³-hybridized carbons (Fsp3) is 0.233. The molecular weight excluding hydrogens is 679 g/mol. The van der Waals surface area contributed by atoms with Crippen molar-refractivity contribution in [3.05, 3.63) is 90.0 Å². The second-order valence-corrected chi connectivity index (χ2v) is 13.3. The Hall–Kier alpha value is -4.94. The Labute approximate surface area is 274 Å². The largest absolute Gasteiger partial charge is 0.573 e. The van der Waals surface area contributed by atoms with E-state index in [0.717, 1.165) is 46.2 Å². The van der Waals surface area contributed by atoms with E-state index in [1.54, 1.807) is 30.3 Å². The smallest absolute Gasteiger partial charge is 0.406 e. The van der Waals surface area contributed by atoms with E-state index >= 15 is 0 Å². The number of fused-ring (bicyclic) bond motifs is 1. The van der Waals surface area contributed by atoms with E-state index in [1.165, 1.54) is 18.3 Å².